The maximum absolute atomic E-state index is 12.1. The van der Waals surface area contributed by atoms with Crippen LogP contribution in [0.3, 0.4) is 0 Å². The summed E-state index contributed by atoms with van der Waals surface area (Å²) in [7, 11) is 1.67. The monoisotopic (exact) mass is 292 g/mol. The summed E-state index contributed by atoms with van der Waals surface area (Å²) >= 11 is 0. The van der Waals surface area contributed by atoms with Crippen molar-refractivity contribution in [2.75, 3.05) is 32.2 Å². The molecule has 6 nitrogen and oxygen atoms in total. The number of rotatable bonds is 4. The Morgan fingerprint density at radius 1 is 1.29 bits per heavy atom. The molecule has 0 aliphatic carbocycles. The van der Waals surface area contributed by atoms with Crippen LogP contribution in [0.2, 0.25) is 0 Å². The Bertz CT molecular complexity index is 485. The van der Waals surface area contributed by atoms with E-state index < -0.39 is 0 Å². The van der Waals surface area contributed by atoms with Crippen molar-refractivity contribution >= 4 is 11.6 Å². The van der Waals surface area contributed by atoms with Gasteiger partial charge in [0.1, 0.15) is 0 Å². The van der Waals surface area contributed by atoms with E-state index in [2.05, 4.69) is 10.6 Å². The van der Waals surface area contributed by atoms with E-state index in [1.54, 1.807) is 7.11 Å². The van der Waals surface area contributed by atoms with Crippen LogP contribution in [0.1, 0.15) is 18.3 Å². The molecule has 1 aromatic rings. The van der Waals surface area contributed by atoms with Gasteiger partial charge >= 0.3 is 0 Å². The highest BCUT2D eigenvalue weighted by Crippen LogP contribution is 2.24. The average Bonchev–Trinajstić information content (AvgIpc) is 3.19. The molecule has 0 bridgehead atoms. The Labute approximate surface area is 123 Å². The van der Waals surface area contributed by atoms with Crippen LogP contribution in [0, 0.1) is 0 Å². The zero-order valence-corrected chi connectivity index (χ0v) is 12.0. The van der Waals surface area contributed by atoms with E-state index in [0.29, 0.717) is 26.2 Å². The summed E-state index contributed by atoms with van der Waals surface area (Å²) in [6.07, 6.45) is 0.526. The Morgan fingerprint density at radius 3 is 2.62 bits per heavy atom. The van der Waals surface area contributed by atoms with Crippen molar-refractivity contribution in [2.45, 2.75) is 24.9 Å². The fourth-order valence-electron chi connectivity index (χ4n) is 2.59. The van der Waals surface area contributed by atoms with Gasteiger partial charge in [-0.2, -0.15) is 0 Å². The molecule has 2 saturated heterocycles. The summed E-state index contributed by atoms with van der Waals surface area (Å²) in [5, 5.41) is 6.06. The molecule has 1 amide bonds. The van der Waals surface area contributed by atoms with Crippen LogP contribution in [-0.4, -0.2) is 44.9 Å². The minimum atomic E-state index is -0.284. The van der Waals surface area contributed by atoms with E-state index in [4.69, 9.17) is 14.2 Å². The molecule has 2 atom stereocenters. The molecule has 0 spiro atoms. The summed E-state index contributed by atoms with van der Waals surface area (Å²) in [5.41, 5.74) is 1.73. The minimum absolute atomic E-state index is 0.0318. The van der Waals surface area contributed by atoms with Gasteiger partial charge in [0.15, 0.2) is 6.29 Å². The maximum atomic E-state index is 12.1. The van der Waals surface area contributed by atoms with E-state index in [0.717, 1.165) is 11.3 Å². The molecule has 3 rings (SSSR count). The van der Waals surface area contributed by atoms with Gasteiger partial charge in [0.25, 0.3) is 0 Å². The highest BCUT2D eigenvalue weighted by Gasteiger charge is 2.29. The van der Waals surface area contributed by atoms with E-state index in [-0.39, 0.29) is 24.3 Å². The number of benzene rings is 1. The number of ether oxygens (including phenoxy) is 3. The lowest BCUT2D eigenvalue weighted by Gasteiger charge is -2.13. The van der Waals surface area contributed by atoms with Gasteiger partial charge in [0, 0.05) is 24.9 Å². The molecular weight excluding hydrogens is 272 g/mol. The first-order chi connectivity index (χ1) is 10.3. The molecule has 2 heterocycles. The van der Waals surface area contributed by atoms with E-state index >= 15 is 0 Å². The molecule has 2 N–H and O–H groups in total. The normalized spacial score (nSPS) is 26.1. The first kappa shape index (κ1) is 14.5. The third-order valence-electron chi connectivity index (χ3n) is 3.81. The minimum Gasteiger partial charge on any atom is -0.380 e. The van der Waals surface area contributed by atoms with Crippen molar-refractivity contribution in [3.05, 3.63) is 29.8 Å². The SMILES string of the molecule is COC1CNC(C(=O)Nc2ccc(C3OCCO3)cc2)C1. The number of hydrogen-bond acceptors (Lipinski definition) is 5. The molecular formula is C15H20N2O4. The van der Waals surface area contributed by atoms with E-state index in [1.165, 1.54) is 0 Å². The number of amides is 1. The summed E-state index contributed by atoms with van der Waals surface area (Å²) in [5.74, 6) is -0.0318. The molecule has 2 aliphatic rings. The predicted molar refractivity (Wildman–Crippen MR) is 76.9 cm³/mol. The molecule has 6 heteroatoms. The van der Waals surface area contributed by atoms with Crippen molar-refractivity contribution in [2.24, 2.45) is 0 Å². The van der Waals surface area contributed by atoms with Crippen molar-refractivity contribution in [1.29, 1.82) is 0 Å². The quantitative estimate of drug-likeness (QED) is 0.868. The van der Waals surface area contributed by atoms with Crippen LogP contribution in [0.5, 0.6) is 0 Å². The van der Waals surface area contributed by atoms with Crippen molar-refractivity contribution in [3.8, 4) is 0 Å². The van der Waals surface area contributed by atoms with Gasteiger partial charge in [-0.15, -0.1) is 0 Å². The number of carbonyl (C=O) groups excluding carboxylic acids is 1. The summed E-state index contributed by atoms with van der Waals surface area (Å²) in [6, 6.07) is 7.34. The molecule has 2 aliphatic heterocycles. The van der Waals surface area contributed by atoms with Crippen molar-refractivity contribution in [1.82, 2.24) is 5.32 Å². The largest absolute Gasteiger partial charge is 0.380 e. The predicted octanol–water partition coefficient (Wildman–Crippen LogP) is 1.05. The van der Waals surface area contributed by atoms with Crippen molar-refractivity contribution in [3.63, 3.8) is 0 Å². The first-order valence-corrected chi connectivity index (χ1v) is 7.16. The number of nitrogens with one attached hydrogen (secondary N) is 2. The lowest BCUT2D eigenvalue weighted by molar-refractivity contribution is -0.118. The van der Waals surface area contributed by atoms with Gasteiger partial charge in [0.05, 0.1) is 25.4 Å². The van der Waals surface area contributed by atoms with Gasteiger partial charge < -0.3 is 24.8 Å². The number of anilines is 1. The lowest BCUT2D eigenvalue weighted by Crippen LogP contribution is -2.35. The van der Waals surface area contributed by atoms with Gasteiger partial charge in [-0.3, -0.25) is 4.79 Å². The van der Waals surface area contributed by atoms with Gasteiger partial charge in [-0.1, -0.05) is 12.1 Å². The van der Waals surface area contributed by atoms with Gasteiger partial charge in [-0.05, 0) is 18.6 Å². The Kier molecular flexibility index (Phi) is 4.50. The van der Waals surface area contributed by atoms with E-state index in [9.17, 15) is 4.79 Å². The maximum Gasteiger partial charge on any atom is 0.241 e. The zero-order valence-electron chi connectivity index (χ0n) is 12.0. The van der Waals surface area contributed by atoms with Crippen LogP contribution in [0.25, 0.3) is 0 Å². The highest BCUT2D eigenvalue weighted by molar-refractivity contribution is 5.95. The second-order valence-corrected chi connectivity index (χ2v) is 5.24. The van der Waals surface area contributed by atoms with Crippen molar-refractivity contribution < 1.29 is 19.0 Å². The lowest BCUT2D eigenvalue weighted by atomic mass is 10.1. The number of hydrogen-bond donors (Lipinski definition) is 2. The third-order valence-corrected chi connectivity index (χ3v) is 3.81. The Morgan fingerprint density at radius 2 is 2.00 bits per heavy atom. The number of carbonyl (C=O) groups is 1. The second kappa shape index (κ2) is 6.53. The molecule has 0 radical (unpaired) electrons. The topological polar surface area (TPSA) is 68.8 Å². The summed E-state index contributed by atoms with van der Waals surface area (Å²) < 4.78 is 16.1. The molecule has 0 aromatic heterocycles. The standard InChI is InChI=1S/C15H20N2O4/c1-19-12-8-13(16-9-12)14(18)17-11-4-2-10(3-5-11)15-20-6-7-21-15/h2-5,12-13,15-16H,6-9H2,1H3,(H,17,18). The summed E-state index contributed by atoms with van der Waals surface area (Å²) in [6.45, 7) is 1.96. The first-order valence-electron chi connectivity index (χ1n) is 7.16. The fraction of sp³-hybridized carbons (Fsp3) is 0.533. The molecule has 1 aromatic carbocycles. The molecule has 21 heavy (non-hydrogen) atoms. The number of methoxy groups -OCH3 is 1. The molecule has 0 saturated carbocycles. The van der Waals surface area contributed by atoms with Crippen LogP contribution >= 0.6 is 0 Å². The van der Waals surface area contributed by atoms with Crippen LogP contribution in [0.15, 0.2) is 24.3 Å². The zero-order chi connectivity index (χ0) is 14.7. The fourth-order valence-corrected chi connectivity index (χ4v) is 2.59. The van der Waals surface area contributed by atoms with Gasteiger partial charge in [0.2, 0.25) is 5.91 Å². The van der Waals surface area contributed by atoms with E-state index in [1.807, 2.05) is 24.3 Å². The highest BCUT2D eigenvalue weighted by atomic mass is 16.7. The molecule has 2 unspecified atom stereocenters. The smallest absolute Gasteiger partial charge is 0.241 e. The molecule has 2 fully saturated rings. The Hall–Kier alpha value is -1.47. The second-order valence-electron chi connectivity index (χ2n) is 5.24. The Balaban J connectivity index is 1.56. The third kappa shape index (κ3) is 3.41. The van der Waals surface area contributed by atoms with Gasteiger partial charge in [-0.25, -0.2) is 0 Å². The summed E-state index contributed by atoms with van der Waals surface area (Å²) in [4.78, 5) is 12.1. The van der Waals surface area contributed by atoms with Crippen LogP contribution < -0.4 is 10.6 Å². The van der Waals surface area contributed by atoms with Crippen LogP contribution in [0.4, 0.5) is 5.69 Å². The molecule has 114 valence electrons. The average molecular weight is 292 g/mol. The van der Waals surface area contributed by atoms with Crippen LogP contribution in [-0.2, 0) is 19.0 Å².